The van der Waals surface area contributed by atoms with Crippen molar-refractivity contribution in [2.75, 3.05) is 5.32 Å². The third-order valence-electron chi connectivity index (χ3n) is 3.48. The van der Waals surface area contributed by atoms with Crippen LogP contribution in [-0.2, 0) is 0 Å². The molecule has 0 aliphatic heterocycles. The van der Waals surface area contributed by atoms with Gasteiger partial charge < -0.3 is 10.4 Å². The quantitative estimate of drug-likeness (QED) is 0.729. The van der Waals surface area contributed by atoms with Crippen molar-refractivity contribution in [3.8, 4) is 11.4 Å². The first-order chi connectivity index (χ1) is 11.1. The highest BCUT2D eigenvalue weighted by atomic mass is 19.1. The van der Waals surface area contributed by atoms with Gasteiger partial charge in [0.15, 0.2) is 0 Å². The van der Waals surface area contributed by atoms with Gasteiger partial charge in [0.05, 0.1) is 28.8 Å². The van der Waals surface area contributed by atoms with E-state index >= 15 is 0 Å². The molecule has 0 bridgehead atoms. The number of rotatable bonds is 3. The second-order valence-corrected chi connectivity index (χ2v) is 5.00. The molecule has 2 aromatic carbocycles. The Kier molecular flexibility index (Phi) is 3.80. The van der Waals surface area contributed by atoms with Crippen LogP contribution in [0.1, 0.15) is 16.1 Å². The lowest BCUT2D eigenvalue weighted by Gasteiger charge is -2.07. The maximum absolute atomic E-state index is 13.0. The van der Waals surface area contributed by atoms with Crippen LogP contribution >= 0.6 is 0 Å². The zero-order valence-corrected chi connectivity index (χ0v) is 12.3. The van der Waals surface area contributed by atoms with Crippen LogP contribution in [0.3, 0.4) is 0 Å². The summed E-state index contributed by atoms with van der Waals surface area (Å²) >= 11 is 0. The molecule has 3 aromatic rings. The summed E-state index contributed by atoms with van der Waals surface area (Å²) < 4.78 is 14.6. The van der Waals surface area contributed by atoms with Gasteiger partial charge in [0.2, 0.25) is 0 Å². The number of aromatic nitrogens is 2. The molecule has 3 rings (SSSR count). The Labute approximate surface area is 132 Å². The van der Waals surface area contributed by atoms with Gasteiger partial charge in [-0.15, -0.1) is 0 Å². The highest BCUT2D eigenvalue weighted by Gasteiger charge is 2.16. The third kappa shape index (κ3) is 2.91. The van der Waals surface area contributed by atoms with Gasteiger partial charge >= 0.3 is 0 Å². The van der Waals surface area contributed by atoms with Crippen molar-refractivity contribution in [1.82, 2.24) is 9.78 Å². The second kappa shape index (κ2) is 5.92. The Morgan fingerprint density at radius 1 is 1.17 bits per heavy atom. The summed E-state index contributed by atoms with van der Waals surface area (Å²) in [6.07, 6.45) is 1.44. The monoisotopic (exact) mass is 311 g/mol. The SMILES string of the molecule is Cc1c(C(=O)Nc2ccccc2O)cnn1-c1ccc(F)cc1. The number of nitrogens with zero attached hydrogens (tertiary/aromatic N) is 2. The standard InChI is InChI=1S/C17H14FN3O2/c1-11-14(17(23)20-15-4-2-3-5-16(15)22)10-19-21(11)13-8-6-12(18)7-9-13/h2-10,22H,1H3,(H,20,23). The number of hydrogen-bond donors (Lipinski definition) is 2. The Morgan fingerprint density at radius 2 is 1.87 bits per heavy atom. The topological polar surface area (TPSA) is 67.2 Å². The zero-order chi connectivity index (χ0) is 16.4. The number of carbonyl (C=O) groups is 1. The van der Waals surface area contributed by atoms with Gasteiger partial charge in [0.1, 0.15) is 11.6 Å². The van der Waals surface area contributed by atoms with E-state index in [-0.39, 0.29) is 17.5 Å². The van der Waals surface area contributed by atoms with Gasteiger partial charge in [-0.3, -0.25) is 4.79 Å². The molecular formula is C17H14FN3O2. The van der Waals surface area contributed by atoms with Crippen LogP contribution in [0.5, 0.6) is 5.75 Å². The molecular weight excluding hydrogens is 297 g/mol. The third-order valence-corrected chi connectivity index (χ3v) is 3.48. The molecule has 0 saturated heterocycles. The van der Waals surface area contributed by atoms with Gasteiger partial charge in [-0.2, -0.15) is 5.10 Å². The molecule has 116 valence electrons. The lowest BCUT2D eigenvalue weighted by molar-refractivity contribution is 0.102. The zero-order valence-electron chi connectivity index (χ0n) is 12.3. The lowest BCUT2D eigenvalue weighted by atomic mass is 10.2. The predicted octanol–water partition coefficient (Wildman–Crippen LogP) is 3.28. The minimum absolute atomic E-state index is 0.00979. The largest absolute Gasteiger partial charge is 0.506 e. The number of para-hydroxylation sites is 2. The molecule has 0 radical (unpaired) electrons. The first-order valence-electron chi connectivity index (χ1n) is 6.96. The van der Waals surface area contributed by atoms with Gasteiger partial charge in [-0.25, -0.2) is 9.07 Å². The normalized spacial score (nSPS) is 10.5. The van der Waals surface area contributed by atoms with Crippen molar-refractivity contribution in [1.29, 1.82) is 0 Å². The van der Waals surface area contributed by atoms with E-state index < -0.39 is 0 Å². The van der Waals surface area contributed by atoms with Crippen LogP contribution < -0.4 is 5.32 Å². The molecule has 1 amide bonds. The van der Waals surface area contributed by atoms with Gasteiger partial charge in [-0.05, 0) is 43.3 Å². The molecule has 0 spiro atoms. The van der Waals surface area contributed by atoms with Gasteiger partial charge in [0.25, 0.3) is 5.91 Å². The van der Waals surface area contributed by atoms with E-state index in [1.54, 1.807) is 41.9 Å². The molecule has 0 saturated carbocycles. The smallest absolute Gasteiger partial charge is 0.259 e. The Hall–Kier alpha value is -3.15. The first kappa shape index (κ1) is 14.8. The summed E-state index contributed by atoms with van der Waals surface area (Å²) in [4.78, 5) is 12.4. The molecule has 1 aromatic heterocycles. The minimum atomic E-state index is -0.377. The number of benzene rings is 2. The van der Waals surface area contributed by atoms with Crippen LogP contribution in [0.2, 0.25) is 0 Å². The van der Waals surface area contributed by atoms with Crippen molar-refractivity contribution >= 4 is 11.6 Å². The number of anilines is 1. The number of phenols is 1. The summed E-state index contributed by atoms with van der Waals surface area (Å²) in [5, 5.41) is 16.5. The van der Waals surface area contributed by atoms with E-state index in [0.717, 1.165) is 0 Å². The average Bonchev–Trinajstić information content (AvgIpc) is 2.92. The van der Waals surface area contributed by atoms with Crippen LogP contribution in [0.25, 0.3) is 5.69 Å². The minimum Gasteiger partial charge on any atom is -0.506 e. The summed E-state index contributed by atoms with van der Waals surface area (Å²) in [6, 6.07) is 12.3. The highest BCUT2D eigenvalue weighted by molar-refractivity contribution is 6.05. The fourth-order valence-electron chi connectivity index (χ4n) is 2.24. The second-order valence-electron chi connectivity index (χ2n) is 5.00. The van der Waals surface area contributed by atoms with Crippen LogP contribution in [0.4, 0.5) is 10.1 Å². The summed E-state index contributed by atoms with van der Waals surface area (Å²) in [6.45, 7) is 1.75. The van der Waals surface area contributed by atoms with Crippen molar-refractivity contribution in [3.63, 3.8) is 0 Å². The molecule has 0 atom stereocenters. The molecule has 6 heteroatoms. The maximum Gasteiger partial charge on any atom is 0.259 e. The van der Waals surface area contributed by atoms with Crippen LogP contribution in [0.15, 0.2) is 54.7 Å². The summed E-state index contributed by atoms with van der Waals surface area (Å²) in [5.41, 5.74) is 1.97. The average molecular weight is 311 g/mol. The number of nitrogens with one attached hydrogen (secondary N) is 1. The van der Waals surface area contributed by atoms with Crippen LogP contribution in [-0.4, -0.2) is 20.8 Å². The van der Waals surface area contributed by atoms with Crippen LogP contribution in [0, 0.1) is 12.7 Å². The lowest BCUT2D eigenvalue weighted by Crippen LogP contribution is -2.13. The molecule has 0 unspecified atom stereocenters. The van der Waals surface area contributed by atoms with Gasteiger partial charge in [-0.1, -0.05) is 12.1 Å². The van der Waals surface area contributed by atoms with E-state index in [0.29, 0.717) is 22.6 Å². The summed E-state index contributed by atoms with van der Waals surface area (Å²) in [7, 11) is 0. The predicted molar refractivity (Wildman–Crippen MR) is 84.3 cm³/mol. The fourth-order valence-corrected chi connectivity index (χ4v) is 2.24. The van der Waals surface area contributed by atoms with E-state index in [1.165, 1.54) is 24.4 Å². The number of carbonyl (C=O) groups excluding carboxylic acids is 1. The number of aromatic hydroxyl groups is 1. The molecule has 0 fully saturated rings. The van der Waals surface area contributed by atoms with Crippen molar-refractivity contribution < 1.29 is 14.3 Å². The molecule has 0 aliphatic rings. The van der Waals surface area contributed by atoms with Gasteiger partial charge in [0, 0.05) is 0 Å². The Bertz CT molecular complexity index is 857. The van der Waals surface area contributed by atoms with E-state index in [4.69, 9.17) is 0 Å². The van der Waals surface area contributed by atoms with E-state index in [9.17, 15) is 14.3 Å². The fraction of sp³-hybridized carbons (Fsp3) is 0.0588. The van der Waals surface area contributed by atoms with Crippen molar-refractivity contribution in [2.24, 2.45) is 0 Å². The number of halogens is 1. The maximum atomic E-state index is 13.0. The van der Waals surface area contributed by atoms with Crippen molar-refractivity contribution in [2.45, 2.75) is 6.92 Å². The molecule has 1 heterocycles. The number of amides is 1. The number of hydrogen-bond acceptors (Lipinski definition) is 3. The molecule has 2 N–H and O–H groups in total. The Morgan fingerprint density at radius 3 is 2.57 bits per heavy atom. The molecule has 5 nitrogen and oxygen atoms in total. The van der Waals surface area contributed by atoms with E-state index in [1.807, 2.05) is 0 Å². The highest BCUT2D eigenvalue weighted by Crippen LogP contribution is 2.23. The first-order valence-corrected chi connectivity index (χ1v) is 6.96. The Balaban J connectivity index is 1.88. The molecule has 23 heavy (non-hydrogen) atoms. The van der Waals surface area contributed by atoms with Crippen molar-refractivity contribution in [3.05, 3.63) is 71.8 Å². The summed E-state index contributed by atoms with van der Waals surface area (Å²) in [5.74, 6) is -0.724. The number of phenolic OH excluding ortho intramolecular Hbond substituents is 1. The molecule has 0 aliphatic carbocycles. The van der Waals surface area contributed by atoms with E-state index in [2.05, 4.69) is 10.4 Å².